The molecule has 0 bridgehead atoms. The van der Waals surface area contributed by atoms with Crippen LogP contribution in [0, 0.1) is 11.3 Å². The highest BCUT2D eigenvalue weighted by Crippen LogP contribution is 2.40. The standard InChI is InChI=1S/C18H26N2O2/c1-5-6-12-20-15(18(2,3)4)14(17(20)22)16(21)19-13-10-8-7-9-11-13/h7-11,14-15H,5-6,12H2,1-4H3,(H,19,21). The van der Waals surface area contributed by atoms with Crippen molar-refractivity contribution in [1.29, 1.82) is 0 Å². The van der Waals surface area contributed by atoms with Crippen molar-refractivity contribution < 1.29 is 9.59 Å². The number of hydrogen-bond donors (Lipinski definition) is 1. The molecule has 1 saturated heterocycles. The molecule has 2 atom stereocenters. The molecule has 1 aliphatic rings. The highest BCUT2D eigenvalue weighted by atomic mass is 16.2. The van der Waals surface area contributed by atoms with E-state index in [0.717, 1.165) is 25.1 Å². The van der Waals surface area contributed by atoms with Crippen molar-refractivity contribution >= 4 is 17.5 Å². The molecule has 0 aromatic heterocycles. The fraction of sp³-hybridized carbons (Fsp3) is 0.556. The molecule has 1 fully saturated rings. The predicted molar refractivity (Wildman–Crippen MR) is 88.4 cm³/mol. The second-order valence-corrected chi connectivity index (χ2v) is 7.03. The summed E-state index contributed by atoms with van der Waals surface area (Å²) < 4.78 is 0. The van der Waals surface area contributed by atoms with Gasteiger partial charge in [0.15, 0.2) is 0 Å². The topological polar surface area (TPSA) is 49.4 Å². The van der Waals surface area contributed by atoms with Crippen molar-refractivity contribution in [3.63, 3.8) is 0 Å². The number of unbranched alkanes of at least 4 members (excludes halogenated alkanes) is 1. The zero-order valence-corrected chi connectivity index (χ0v) is 13.9. The lowest BCUT2D eigenvalue weighted by molar-refractivity contribution is -0.167. The molecule has 120 valence electrons. The second kappa shape index (κ2) is 6.51. The lowest BCUT2D eigenvalue weighted by Gasteiger charge is -2.52. The van der Waals surface area contributed by atoms with E-state index < -0.39 is 5.92 Å². The summed E-state index contributed by atoms with van der Waals surface area (Å²) in [6.45, 7) is 9.12. The lowest BCUT2D eigenvalue weighted by atomic mass is 9.71. The SMILES string of the molecule is CCCCN1C(=O)C(C(=O)Nc2ccccc2)C1C(C)(C)C. The summed E-state index contributed by atoms with van der Waals surface area (Å²) in [4.78, 5) is 26.8. The number of carbonyl (C=O) groups excluding carboxylic acids is 2. The summed E-state index contributed by atoms with van der Waals surface area (Å²) in [5, 5.41) is 2.87. The van der Waals surface area contributed by atoms with Gasteiger partial charge in [0, 0.05) is 12.2 Å². The monoisotopic (exact) mass is 302 g/mol. The maximum atomic E-state index is 12.5. The Kier molecular flexibility index (Phi) is 4.89. The average molecular weight is 302 g/mol. The fourth-order valence-electron chi connectivity index (χ4n) is 3.09. The summed E-state index contributed by atoms with van der Waals surface area (Å²) in [5.74, 6) is -0.803. The molecule has 4 nitrogen and oxygen atoms in total. The van der Waals surface area contributed by atoms with Gasteiger partial charge < -0.3 is 10.2 Å². The van der Waals surface area contributed by atoms with Gasteiger partial charge in [-0.1, -0.05) is 52.3 Å². The maximum absolute atomic E-state index is 12.5. The van der Waals surface area contributed by atoms with Gasteiger partial charge in [-0.15, -0.1) is 0 Å². The molecule has 1 aliphatic heterocycles. The van der Waals surface area contributed by atoms with Crippen LogP contribution in [-0.2, 0) is 9.59 Å². The van der Waals surface area contributed by atoms with Crippen LogP contribution in [-0.4, -0.2) is 29.3 Å². The first-order chi connectivity index (χ1) is 10.4. The fourth-order valence-corrected chi connectivity index (χ4v) is 3.09. The van der Waals surface area contributed by atoms with Crippen molar-refractivity contribution in [1.82, 2.24) is 4.90 Å². The number of amides is 2. The van der Waals surface area contributed by atoms with Crippen LogP contribution in [0.5, 0.6) is 0 Å². The Bertz CT molecular complexity index is 534. The van der Waals surface area contributed by atoms with Crippen molar-refractivity contribution in [2.75, 3.05) is 11.9 Å². The third-order valence-corrected chi connectivity index (χ3v) is 4.16. The normalized spacial score (nSPS) is 21.5. The Hall–Kier alpha value is -1.84. The smallest absolute Gasteiger partial charge is 0.239 e. The molecule has 0 aliphatic carbocycles. The van der Waals surface area contributed by atoms with E-state index in [1.807, 2.05) is 35.2 Å². The number of β-lactam (4-membered cyclic amide) rings is 1. The van der Waals surface area contributed by atoms with E-state index >= 15 is 0 Å². The molecule has 2 rings (SSSR count). The summed E-state index contributed by atoms with van der Waals surface area (Å²) >= 11 is 0. The van der Waals surface area contributed by atoms with Gasteiger partial charge in [-0.25, -0.2) is 0 Å². The number of rotatable bonds is 5. The van der Waals surface area contributed by atoms with E-state index in [1.54, 1.807) is 0 Å². The molecule has 2 unspecified atom stereocenters. The van der Waals surface area contributed by atoms with Crippen LogP contribution < -0.4 is 5.32 Å². The zero-order valence-electron chi connectivity index (χ0n) is 13.9. The minimum absolute atomic E-state index is 0.0322. The largest absolute Gasteiger partial charge is 0.337 e. The van der Waals surface area contributed by atoms with Crippen LogP contribution in [0.25, 0.3) is 0 Å². The van der Waals surface area contributed by atoms with Gasteiger partial charge in [0.1, 0.15) is 5.92 Å². The summed E-state index contributed by atoms with van der Waals surface area (Å²) in [7, 11) is 0. The van der Waals surface area contributed by atoms with Gasteiger partial charge in [-0.05, 0) is 24.0 Å². The Morgan fingerprint density at radius 3 is 2.41 bits per heavy atom. The van der Waals surface area contributed by atoms with Crippen LogP contribution in [0.3, 0.4) is 0 Å². The molecule has 2 amide bonds. The molecule has 0 radical (unpaired) electrons. The van der Waals surface area contributed by atoms with Crippen molar-refractivity contribution in [2.24, 2.45) is 11.3 Å². The average Bonchev–Trinajstić information content (AvgIpc) is 2.44. The number of hydrogen-bond acceptors (Lipinski definition) is 2. The Labute approximate surface area is 132 Å². The first kappa shape index (κ1) is 16.5. The van der Waals surface area contributed by atoms with Crippen molar-refractivity contribution in [3.8, 4) is 0 Å². The highest BCUT2D eigenvalue weighted by molar-refractivity contribution is 6.10. The molecular weight excluding hydrogens is 276 g/mol. The van der Waals surface area contributed by atoms with Crippen LogP contribution in [0.1, 0.15) is 40.5 Å². The quantitative estimate of drug-likeness (QED) is 0.670. The Balaban J connectivity index is 2.11. The van der Waals surface area contributed by atoms with Crippen molar-refractivity contribution in [2.45, 2.75) is 46.6 Å². The number of nitrogens with one attached hydrogen (secondary N) is 1. The second-order valence-electron chi connectivity index (χ2n) is 7.03. The zero-order chi connectivity index (χ0) is 16.3. The van der Waals surface area contributed by atoms with Gasteiger partial charge >= 0.3 is 0 Å². The molecule has 0 saturated carbocycles. The van der Waals surface area contributed by atoms with E-state index in [1.165, 1.54) is 0 Å². The molecular formula is C18H26N2O2. The number of nitrogens with zero attached hydrogens (tertiary/aromatic N) is 1. The minimum Gasteiger partial charge on any atom is -0.337 e. The van der Waals surface area contributed by atoms with Gasteiger partial charge in [0.05, 0.1) is 6.04 Å². The highest BCUT2D eigenvalue weighted by Gasteiger charge is 2.55. The summed E-state index contributed by atoms with van der Waals surface area (Å²) in [5.41, 5.74) is 0.625. The minimum atomic E-state index is -0.572. The van der Waals surface area contributed by atoms with Crippen LogP contribution in [0.15, 0.2) is 30.3 Å². The van der Waals surface area contributed by atoms with Gasteiger partial charge in [-0.2, -0.15) is 0 Å². The van der Waals surface area contributed by atoms with E-state index in [-0.39, 0.29) is 23.3 Å². The predicted octanol–water partition coefficient (Wildman–Crippen LogP) is 3.30. The van der Waals surface area contributed by atoms with Gasteiger partial charge in [0.25, 0.3) is 0 Å². The number of carbonyl (C=O) groups is 2. The third-order valence-electron chi connectivity index (χ3n) is 4.16. The number of anilines is 1. The van der Waals surface area contributed by atoms with Crippen LogP contribution >= 0.6 is 0 Å². The van der Waals surface area contributed by atoms with Gasteiger partial charge in [0.2, 0.25) is 11.8 Å². The molecule has 4 heteroatoms. The third kappa shape index (κ3) is 3.32. The number of benzene rings is 1. The molecule has 1 heterocycles. The van der Waals surface area contributed by atoms with E-state index in [0.29, 0.717) is 0 Å². The molecule has 1 aromatic carbocycles. The summed E-state index contributed by atoms with van der Waals surface area (Å²) in [6, 6.07) is 9.27. The number of likely N-dealkylation sites (tertiary alicyclic amines) is 1. The van der Waals surface area contributed by atoms with Crippen molar-refractivity contribution in [3.05, 3.63) is 30.3 Å². The Morgan fingerprint density at radius 2 is 1.86 bits per heavy atom. The Morgan fingerprint density at radius 1 is 1.23 bits per heavy atom. The van der Waals surface area contributed by atoms with E-state index in [4.69, 9.17) is 0 Å². The van der Waals surface area contributed by atoms with Crippen LogP contribution in [0.2, 0.25) is 0 Å². The number of para-hydroxylation sites is 1. The lowest BCUT2D eigenvalue weighted by Crippen LogP contribution is -2.68. The van der Waals surface area contributed by atoms with E-state index in [9.17, 15) is 9.59 Å². The summed E-state index contributed by atoms with van der Waals surface area (Å²) in [6.07, 6.45) is 2.02. The molecule has 1 aromatic rings. The molecule has 0 spiro atoms. The van der Waals surface area contributed by atoms with Crippen LogP contribution in [0.4, 0.5) is 5.69 Å². The molecule has 22 heavy (non-hydrogen) atoms. The van der Waals surface area contributed by atoms with E-state index in [2.05, 4.69) is 33.0 Å². The first-order valence-electron chi connectivity index (χ1n) is 8.02. The van der Waals surface area contributed by atoms with Gasteiger partial charge in [-0.3, -0.25) is 9.59 Å². The maximum Gasteiger partial charge on any atom is 0.239 e. The molecule has 1 N–H and O–H groups in total. The first-order valence-corrected chi connectivity index (χ1v) is 8.02.